The molecule has 0 spiro atoms. The lowest BCUT2D eigenvalue weighted by Crippen LogP contribution is -2.38. The van der Waals surface area contributed by atoms with Crippen LogP contribution in [0, 0.1) is 0 Å². The van der Waals surface area contributed by atoms with Crippen LogP contribution in [0.15, 0.2) is 22.9 Å². The fourth-order valence-electron chi connectivity index (χ4n) is 2.62. The molecule has 2 heterocycles. The molecule has 2 aromatic heterocycles. The molecular formula is C17H26N4OS. The number of aromatic amines is 1. The molecule has 5 nitrogen and oxygen atoms in total. The number of likely N-dealkylation sites (N-methyl/N-ethyl adjacent to an activating group) is 1. The first-order valence-corrected chi connectivity index (χ1v) is 9.10. The van der Waals surface area contributed by atoms with Crippen LogP contribution < -0.4 is 5.32 Å². The van der Waals surface area contributed by atoms with Crippen LogP contribution in [0.25, 0.3) is 0 Å². The summed E-state index contributed by atoms with van der Waals surface area (Å²) in [6.07, 6.45) is 0. The summed E-state index contributed by atoms with van der Waals surface area (Å²) in [6.45, 7) is 10.9. The van der Waals surface area contributed by atoms with Crippen molar-refractivity contribution in [2.75, 3.05) is 19.6 Å². The van der Waals surface area contributed by atoms with Crippen molar-refractivity contribution in [1.82, 2.24) is 20.4 Å². The number of hydrogen-bond donors (Lipinski definition) is 2. The van der Waals surface area contributed by atoms with E-state index in [1.54, 1.807) is 11.3 Å². The number of aromatic nitrogens is 2. The number of rotatable bonds is 8. The van der Waals surface area contributed by atoms with Gasteiger partial charge in [0.25, 0.3) is 5.91 Å². The molecule has 0 aliphatic carbocycles. The van der Waals surface area contributed by atoms with Gasteiger partial charge in [-0.2, -0.15) is 16.4 Å². The highest BCUT2D eigenvalue weighted by Gasteiger charge is 2.20. The number of carbonyl (C=O) groups is 1. The normalized spacial score (nSPS) is 12.8. The lowest BCUT2D eigenvalue weighted by atomic mass is 10.1. The zero-order valence-electron chi connectivity index (χ0n) is 14.3. The fourth-order valence-corrected chi connectivity index (χ4v) is 3.32. The van der Waals surface area contributed by atoms with Crippen molar-refractivity contribution in [3.8, 4) is 0 Å². The lowest BCUT2D eigenvalue weighted by Gasteiger charge is -2.29. The first-order chi connectivity index (χ1) is 11.1. The summed E-state index contributed by atoms with van der Waals surface area (Å²) in [5.74, 6) is 0.207. The van der Waals surface area contributed by atoms with Gasteiger partial charge in [0.1, 0.15) is 5.69 Å². The van der Waals surface area contributed by atoms with Gasteiger partial charge in [-0.05, 0) is 47.5 Å². The Labute approximate surface area is 142 Å². The van der Waals surface area contributed by atoms with Gasteiger partial charge >= 0.3 is 0 Å². The third kappa shape index (κ3) is 4.42. The molecule has 0 saturated carbocycles. The summed E-state index contributed by atoms with van der Waals surface area (Å²) in [5, 5.41) is 14.3. The van der Waals surface area contributed by atoms with Crippen molar-refractivity contribution in [2.24, 2.45) is 0 Å². The van der Waals surface area contributed by atoms with Crippen LogP contribution in [0.2, 0.25) is 0 Å². The standard InChI is InChI=1S/C17H26N4OS/c1-5-21(6-2)16(13-7-8-23-11-13)10-18-17(22)15-9-14(12(3)4)19-20-15/h7-9,11-12,16H,5-6,10H2,1-4H3,(H,18,22)(H,19,20)/t16-/m0/s1. The molecule has 0 unspecified atom stereocenters. The van der Waals surface area contributed by atoms with Crippen LogP contribution in [0.1, 0.15) is 61.4 Å². The van der Waals surface area contributed by atoms with Crippen molar-refractivity contribution in [2.45, 2.75) is 39.7 Å². The van der Waals surface area contributed by atoms with Gasteiger partial charge in [0, 0.05) is 12.2 Å². The molecule has 1 amide bonds. The molecule has 6 heteroatoms. The van der Waals surface area contributed by atoms with Gasteiger partial charge in [-0.15, -0.1) is 0 Å². The van der Waals surface area contributed by atoms with Crippen molar-refractivity contribution in [3.63, 3.8) is 0 Å². The number of H-pyrrole nitrogens is 1. The predicted molar refractivity (Wildman–Crippen MR) is 95.0 cm³/mol. The smallest absolute Gasteiger partial charge is 0.271 e. The molecule has 1 atom stereocenters. The zero-order valence-corrected chi connectivity index (χ0v) is 15.1. The molecule has 0 aliphatic heterocycles. The van der Waals surface area contributed by atoms with Gasteiger partial charge in [0.2, 0.25) is 0 Å². The Morgan fingerprint density at radius 3 is 2.65 bits per heavy atom. The van der Waals surface area contributed by atoms with Crippen LogP contribution in [0.4, 0.5) is 0 Å². The fraction of sp³-hybridized carbons (Fsp3) is 0.529. The van der Waals surface area contributed by atoms with Gasteiger partial charge in [-0.25, -0.2) is 0 Å². The predicted octanol–water partition coefficient (Wildman–Crippen LogP) is 3.41. The van der Waals surface area contributed by atoms with E-state index in [0.717, 1.165) is 18.8 Å². The third-order valence-electron chi connectivity index (χ3n) is 4.09. The highest BCUT2D eigenvalue weighted by Crippen LogP contribution is 2.22. The number of amides is 1. The summed E-state index contributed by atoms with van der Waals surface area (Å²) in [6, 6.07) is 4.16. The molecule has 0 fully saturated rings. The van der Waals surface area contributed by atoms with E-state index in [2.05, 4.69) is 64.9 Å². The van der Waals surface area contributed by atoms with Crippen LogP contribution in [0.3, 0.4) is 0 Å². The maximum absolute atomic E-state index is 12.3. The number of thiophene rings is 1. The molecule has 0 bridgehead atoms. The van der Waals surface area contributed by atoms with E-state index >= 15 is 0 Å². The number of carbonyl (C=O) groups excluding carboxylic acids is 1. The van der Waals surface area contributed by atoms with Gasteiger partial charge in [-0.1, -0.05) is 27.7 Å². The minimum atomic E-state index is -0.125. The second-order valence-corrected chi connectivity index (χ2v) is 6.65. The quantitative estimate of drug-likeness (QED) is 0.778. The van der Waals surface area contributed by atoms with Crippen LogP contribution in [0.5, 0.6) is 0 Å². The Morgan fingerprint density at radius 2 is 2.13 bits per heavy atom. The summed E-state index contributed by atoms with van der Waals surface area (Å²) < 4.78 is 0. The summed E-state index contributed by atoms with van der Waals surface area (Å²) in [7, 11) is 0. The first-order valence-electron chi connectivity index (χ1n) is 8.16. The Bertz CT molecular complexity index is 602. The minimum absolute atomic E-state index is 0.125. The highest BCUT2D eigenvalue weighted by molar-refractivity contribution is 7.07. The molecule has 0 radical (unpaired) electrons. The Hall–Kier alpha value is -1.66. The molecule has 126 valence electrons. The topological polar surface area (TPSA) is 61.0 Å². The Balaban J connectivity index is 2.04. The number of nitrogens with one attached hydrogen (secondary N) is 2. The monoisotopic (exact) mass is 334 g/mol. The van der Waals surface area contributed by atoms with Gasteiger partial charge < -0.3 is 5.32 Å². The number of hydrogen-bond acceptors (Lipinski definition) is 4. The molecule has 0 saturated heterocycles. The van der Waals surface area contributed by atoms with E-state index in [4.69, 9.17) is 0 Å². The maximum atomic E-state index is 12.3. The van der Waals surface area contributed by atoms with Crippen molar-refractivity contribution in [1.29, 1.82) is 0 Å². The Kier molecular flexibility index (Phi) is 6.36. The molecule has 0 aliphatic rings. The van der Waals surface area contributed by atoms with E-state index < -0.39 is 0 Å². The van der Waals surface area contributed by atoms with E-state index in [1.165, 1.54) is 5.56 Å². The van der Waals surface area contributed by atoms with Gasteiger partial charge in [0.15, 0.2) is 0 Å². The van der Waals surface area contributed by atoms with Crippen LogP contribution >= 0.6 is 11.3 Å². The molecule has 2 aromatic rings. The summed E-state index contributed by atoms with van der Waals surface area (Å²) >= 11 is 1.69. The van der Waals surface area contributed by atoms with E-state index in [1.807, 2.05) is 6.07 Å². The van der Waals surface area contributed by atoms with Gasteiger partial charge in [-0.3, -0.25) is 14.8 Å². The second-order valence-electron chi connectivity index (χ2n) is 5.87. The maximum Gasteiger partial charge on any atom is 0.271 e. The second kappa shape index (κ2) is 8.26. The largest absolute Gasteiger partial charge is 0.349 e. The summed E-state index contributed by atoms with van der Waals surface area (Å²) in [5.41, 5.74) is 2.69. The van der Waals surface area contributed by atoms with E-state index in [-0.39, 0.29) is 11.9 Å². The molecule has 0 aromatic carbocycles. The lowest BCUT2D eigenvalue weighted by molar-refractivity contribution is 0.0930. The van der Waals surface area contributed by atoms with Crippen molar-refractivity contribution >= 4 is 17.2 Å². The average molecular weight is 334 g/mol. The van der Waals surface area contributed by atoms with Crippen molar-refractivity contribution in [3.05, 3.63) is 39.8 Å². The third-order valence-corrected chi connectivity index (χ3v) is 4.79. The minimum Gasteiger partial charge on any atom is -0.349 e. The number of nitrogens with zero attached hydrogens (tertiary/aromatic N) is 2. The molecule has 23 heavy (non-hydrogen) atoms. The van der Waals surface area contributed by atoms with Crippen LogP contribution in [-0.4, -0.2) is 40.6 Å². The molecule has 2 N–H and O–H groups in total. The first kappa shape index (κ1) is 17.7. The van der Waals surface area contributed by atoms with Crippen molar-refractivity contribution < 1.29 is 4.79 Å². The summed E-state index contributed by atoms with van der Waals surface area (Å²) in [4.78, 5) is 14.7. The average Bonchev–Trinajstić information content (AvgIpc) is 3.22. The van der Waals surface area contributed by atoms with E-state index in [9.17, 15) is 4.79 Å². The molecule has 2 rings (SSSR count). The van der Waals surface area contributed by atoms with Crippen LogP contribution in [-0.2, 0) is 0 Å². The SMILES string of the molecule is CCN(CC)[C@@H](CNC(=O)c1cc(C(C)C)[nH]n1)c1ccsc1. The van der Waals surface area contributed by atoms with E-state index in [0.29, 0.717) is 18.2 Å². The molecular weight excluding hydrogens is 308 g/mol. The zero-order chi connectivity index (χ0) is 16.8. The highest BCUT2D eigenvalue weighted by atomic mass is 32.1. The van der Waals surface area contributed by atoms with Gasteiger partial charge in [0.05, 0.1) is 6.04 Å². The Morgan fingerprint density at radius 1 is 1.39 bits per heavy atom.